The predicted octanol–water partition coefficient (Wildman–Crippen LogP) is 2.97. The number of aromatic nitrogens is 3. The van der Waals surface area contributed by atoms with Crippen LogP contribution in [0.3, 0.4) is 0 Å². The van der Waals surface area contributed by atoms with Crippen molar-refractivity contribution in [1.29, 1.82) is 0 Å². The van der Waals surface area contributed by atoms with Crippen LogP contribution in [-0.2, 0) is 6.42 Å². The first-order valence-corrected chi connectivity index (χ1v) is 7.59. The number of ether oxygens (including phenoxy) is 2. The smallest absolute Gasteiger partial charge is 0.181 e. The number of hydrogen-bond donors (Lipinski definition) is 2. The van der Waals surface area contributed by atoms with Gasteiger partial charge in [-0.3, -0.25) is 5.10 Å². The Morgan fingerprint density at radius 2 is 1.83 bits per heavy atom. The molecule has 0 unspecified atom stereocenters. The van der Waals surface area contributed by atoms with Gasteiger partial charge in [-0.25, -0.2) is 4.98 Å². The van der Waals surface area contributed by atoms with E-state index in [1.807, 2.05) is 43.3 Å². The Labute approximate surface area is 140 Å². The Morgan fingerprint density at radius 3 is 2.54 bits per heavy atom. The molecule has 1 heterocycles. The number of aryl methyl sites for hydroxylation is 1. The second kappa shape index (κ2) is 6.62. The highest BCUT2D eigenvalue weighted by atomic mass is 16.5. The molecule has 3 rings (SSSR count). The van der Waals surface area contributed by atoms with E-state index >= 15 is 0 Å². The molecule has 2 aromatic carbocycles. The van der Waals surface area contributed by atoms with E-state index in [0.29, 0.717) is 23.7 Å². The number of nitrogens with one attached hydrogen (secondary N) is 1. The lowest BCUT2D eigenvalue weighted by Gasteiger charge is -2.08. The summed E-state index contributed by atoms with van der Waals surface area (Å²) in [6, 6.07) is 11.6. The van der Waals surface area contributed by atoms with Gasteiger partial charge in [0, 0.05) is 17.7 Å². The molecule has 3 aromatic rings. The van der Waals surface area contributed by atoms with Crippen LogP contribution in [0.1, 0.15) is 17.0 Å². The fraction of sp³-hybridized carbons (Fsp3) is 0.222. The Hall–Kier alpha value is -3.02. The van der Waals surface area contributed by atoms with Crippen LogP contribution >= 0.6 is 0 Å². The van der Waals surface area contributed by atoms with Crippen molar-refractivity contribution < 1.29 is 9.47 Å². The number of H-pyrrole nitrogens is 1. The van der Waals surface area contributed by atoms with Gasteiger partial charge >= 0.3 is 0 Å². The van der Waals surface area contributed by atoms with Crippen molar-refractivity contribution in [1.82, 2.24) is 15.2 Å². The van der Waals surface area contributed by atoms with Crippen molar-refractivity contribution in [3.05, 3.63) is 53.3 Å². The summed E-state index contributed by atoms with van der Waals surface area (Å²) in [5.41, 5.74) is 9.68. The Balaban J connectivity index is 1.82. The van der Waals surface area contributed by atoms with Gasteiger partial charge in [0.1, 0.15) is 5.82 Å². The predicted molar refractivity (Wildman–Crippen MR) is 93.3 cm³/mol. The summed E-state index contributed by atoms with van der Waals surface area (Å²) in [4.78, 5) is 4.55. The molecule has 0 fully saturated rings. The monoisotopic (exact) mass is 324 g/mol. The molecule has 0 atom stereocenters. The number of rotatable bonds is 5. The van der Waals surface area contributed by atoms with E-state index in [4.69, 9.17) is 15.2 Å². The Kier molecular flexibility index (Phi) is 4.37. The fourth-order valence-electron chi connectivity index (χ4n) is 2.47. The molecular formula is C18H20N4O2. The fourth-order valence-corrected chi connectivity index (χ4v) is 2.47. The number of benzene rings is 2. The molecule has 6 heteroatoms. The van der Waals surface area contributed by atoms with Crippen molar-refractivity contribution in [2.24, 2.45) is 0 Å². The highest BCUT2D eigenvalue weighted by molar-refractivity contribution is 5.63. The zero-order chi connectivity index (χ0) is 17.1. The van der Waals surface area contributed by atoms with Crippen molar-refractivity contribution in [2.75, 3.05) is 20.0 Å². The summed E-state index contributed by atoms with van der Waals surface area (Å²) in [6.45, 7) is 1.97. The molecule has 1 aromatic heterocycles. The standard InChI is InChI=1S/C18H20N4O2/c1-11-4-6-13(10-14(11)19)18-20-17(21-22-18)9-12-5-7-15(23-2)16(8-12)24-3/h4-8,10H,9,19H2,1-3H3,(H,20,21,22). The largest absolute Gasteiger partial charge is 0.493 e. The summed E-state index contributed by atoms with van der Waals surface area (Å²) < 4.78 is 10.6. The van der Waals surface area contributed by atoms with Crippen LogP contribution in [0.4, 0.5) is 5.69 Å². The van der Waals surface area contributed by atoms with Crippen molar-refractivity contribution in [3.63, 3.8) is 0 Å². The molecule has 0 bridgehead atoms. The van der Waals surface area contributed by atoms with E-state index in [2.05, 4.69) is 15.2 Å². The van der Waals surface area contributed by atoms with E-state index in [1.54, 1.807) is 14.2 Å². The van der Waals surface area contributed by atoms with E-state index in [-0.39, 0.29) is 0 Å². The van der Waals surface area contributed by atoms with Crippen molar-refractivity contribution in [2.45, 2.75) is 13.3 Å². The van der Waals surface area contributed by atoms with Crippen molar-refractivity contribution >= 4 is 5.69 Å². The van der Waals surface area contributed by atoms with E-state index in [0.717, 1.165) is 28.2 Å². The van der Waals surface area contributed by atoms with Crippen LogP contribution < -0.4 is 15.2 Å². The summed E-state index contributed by atoms with van der Waals surface area (Å²) >= 11 is 0. The third-order valence-corrected chi connectivity index (χ3v) is 3.89. The molecule has 0 radical (unpaired) electrons. The quantitative estimate of drug-likeness (QED) is 0.705. The normalized spacial score (nSPS) is 10.6. The minimum absolute atomic E-state index is 0.620. The van der Waals surface area contributed by atoms with Gasteiger partial charge in [0.15, 0.2) is 17.3 Å². The maximum Gasteiger partial charge on any atom is 0.181 e. The van der Waals surface area contributed by atoms with Crippen LogP contribution in [0.2, 0.25) is 0 Å². The number of methoxy groups -OCH3 is 2. The lowest BCUT2D eigenvalue weighted by molar-refractivity contribution is 0.354. The maximum atomic E-state index is 5.96. The van der Waals surface area contributed by atoms with Gasteiger partial charge in [-0.15, -0.1) is 0 Å². The Morgan fingerprint density at radius 1 is 1.04 bits per heavy atom. The van der Waals surface area contributed by atoms with Crippen LogP contribution in [-0.4, -0.2) is 29.4 Å². The third kappa shape index (κ3) is 3.17. The maximum absolute atomic E-state index is 5.96. The molecule has 0 aliphatic carbocycles. The van der Waals surface area contributed by atoms with Crippen LogP contribution in [0, 0.1) is 6.92 Å². The third-order valence-electron chi connectivity index (χ3n) is 3.89. The number of anilines is 1. The van der Waals surface area contributed by atoms with E-state index in [1.165, 1.54) is 0 Å². The van der Waals surface area contributed by atoms with Crippen molar-refractivity contribution in [3.8, 4) is 22.9 Å². The van der Waals surface area contributed by atoms with Gasteiger partial charge < -0.3 is 15.2 Å². The highest BCUT2D eigenvalue weighted by Crippen LogP contribution is 2.28. The highest BCUT2D eigenvalue weighted by Gasteiger charge is 2.10. The topological polar surface area (TPSA) is 86.0 Å². The minimum Gasteiger partial charge on any atom is -0.493 e. The minimum atomic E-state index is 0.620. The summed E-state index contributed by atoms with van der Waals surface area (Å²) in [6.07, 6.45) is 0.620. The first-order chi connectivity index (χ1) is 11.6. The summed E-state index contributed by atoms with van der Waals surface area (Å²) in [5.74, 6) is 2.81. The first kappa shape index (κ1) is 15.9. The van der Waals surface area contributed by atoms with Gasteiger partial charge in [0.25, 0.3) is 0 Å². The first-order valence-electron chi connectivity index (χ1n) is 7.59. The zero-order valence-electron chi connectivity index (χ0n) is 14.0. The molecule has 0 saturated carbocycles. The number of nitrogens with two attached hydrogens (primary N) is 1. The second-order valence-corrected chi connectivity index (χ2v) is 5.54. The molecule has 124 valence electrons. The van der Waals surface area contributed by atoms with Gasteiger partial charge in [-0.2, -0.15) is 5.10 Å². The summed E-state index contributed by atoms with van der Waals surface area (Å²) in [7, 11) is 3.24. The number of nitrogen functional groups attached to an aromatic ring is 1. The average molecular weight is 324 g/mol. The van der Waals surface area contributed by atoms with Crippen LogP contribution in [0.15, 0.2) is 36.4 Å². The van der Waals surface area contributed by atoms with Crippen LogP contribution in [0.25, 0.3) is 11.4 Å². The van der Waals surface area contributed by atoms with E-state index < -0.39 is 0 Å². The number of hydrogen-bond acceptors (Lipinski definition) is 5. The van der Waals surface area contributed by atoms with Gasteiger partial charge in [-0.05, 0) is 36.2 Å². The molecule has 24 heavy (non-hydrogen) atoms. The molecule has 3 N–H and O–H groups in total. The number of nitrogens with zero attached hydrogens (tertiary/aromatic N) is 2. The summed E-state index contributed by atoms with van der Waals surface area (Å²) in [5, 5.41) is 7.26. The van der Waals surface area contributed by atoms with Gasteiger partial charge in [0.2, 0.25) is 0 Å². The molecule has 0 aliphatic heterocycles. The van der Waals surface area contributed by atoms with Gasteiger partial charge in [-0.1, -0.05) is 18.2 Å². The average Bonchev–Trinajstić information content (AvgIpc) is 3.05. The zero-order valence-corrected chi connectivity index (χ0v) is 14.0. The molecule has 0 spiro atoms. The van der Waals surface area contributed by atoms with E-state index in [9.17, 15) is 0 Å². The second-order valence-electron chi connectivity index (χ2n) is 5.54. The molecule has 0 aliphatic rings. The molecule has 0 amide bonds. The van der Waals surface area contributed by atoms with Crippen LogP contribution in [0.5, 0.6) is 11.5 Å². The molecule has 0 saturated heterocycles. The number of aromatic amines is 1. The lowest BCUT2D eigenvalue weighted by Crippen LogP contribution is -1.95. The molecular weight excluding hydrogens is 304 g/mol. The molecule has 6 nitrogen and oxygen atoms in total. The van der Waals surface area contributed by atoms with Gasteiger partial charge in [0.05, 0.1) is 14.2 Å². The SMILES string of the molecule is COc1ccc(Cc2nc(-c3ccc(C)c(N)c3)n[nH]2)cc1OC. The lowest BCUT2D eigenvalue weighted by atomic mass is 10.1. The Bertz CT molecular complexity index is 858.